The number of benzene rings is 1. The lowest BCUT2D eigenvalue weighted by Crippen LogP contribution is -2.42. The number of fused-ring (bicyclic) bond motifs is 1. The fourth-order valence-electron chi connectivity index (χ4n) is 2.79. The standard InChI is InChI=1S/C16H20ClN3O/c1-10(2)20-15(21)19-9-16(5-6-16)13-8-18-14-7-11(17)3-4-12(13)14/h3-4,7-8,10,18H,5-6,9H2,1-2H3,(H2,19,20,21). The highest BCUT2D eigenvalue weighted by atomic mass is 35.5. The van der Waals surface area contributed by atoms with Gasteiger partial charge in [-0.2, -0.15) is 0 Å². The lowest BCUT2D eigenvalue weighted by atomic mass is 9.95. The second kappa shape index (κ2) is 5.26. The van der Waals surface area contributed by atoms with E-state index in [9.17, 15) is 4.79 Å². The van der Waals surface area contributed by atoms with E-state index in [1.54, 1.807) is 0 Å². The minimum atomic E-state index is -0.0980. The van der Waals surface area contributed by atoms with Crippen molar-refractivity contribution in [2.24, 2.45) is 0 Å². The molecule has 2 aromatic rings. The lowest BCUT2D eigenvalue weighted by Gasteiger charge is -2.17. The van der Waals surface area contributed by atoms with Gasteiger partial charge >= 0.3 is 6.03 Å². The van der Waals surface area contributed by atoms with Crippen LogP contribution in [0.5, 0.6) is 0 Å². The van der Waals surface area contributed by atoms with Crippen molar-refractivity contribution in [3.05, 3.63) is 35.0 Å². The maximum Gasteiger partial charge on any atom is 0.315 e. The number of rotatable bonds is 4. The monoisotopic (exact) mass is 305 g/mol. The number of carbonyl (C=O) groups excluding carboxylic acids is 1. The Labute approximate surface area is 129 Å². The van der Waals surface area contributed by atoms with Gasteiger partial charge in [0.15, 0.2) is 0 Å². The number of nitrogens with one attached hydrogen (secondary N) is 3. The SMILES string of the molecule is CC(C)NC(=O)NCC1(c2c[nH]c3cc(Cl)ccc23)CC1. The van der Waals surface area contributed by atoms with Crippen LogP contribution in [0.25, 0.3) is 10.9 Å². The molecule has 0 radical (unpaired) electrons. The molecule has 5 heteroatoms. The smallest absolute Gasteiger partial charge is 0.315 e. The predicted molar refractivity (Wildman–Crippen MR) is 85.9 cm³/mol. The number of amides is 2. The molecular weight excluding hydrogens is 286 g/mol. The number of aromatic amines is 1. The third-order valence-corrected chi connectivity index (χ3v) is 4.31. The molecule has 0 unspecified atom stereocenters. The normalized spacial score (nSPS) is 16.2. The Morgan fingerprint density at radius 3 is 2.86 bits per heavy atom. The van der Waals surface area contributed by atoms with Crippen molar-refractivity contribution in [2.45, 2.75) is 38.1 Å². The van der Waals surface area contributed by atoms with Gasteiger partial charge in [0, 0.05) is 40.1 Å². The topological polar surface area (TPSA) is 56.9 Å². The Hall–Kier alpha value is -1.68. The van der Waals surface area contributed by atoms with Gasteiger partial charge in [-0.25, -0.2) is 4.79 Å². The summed E-state index contributed by atoms with van der Waals surface area (Å²) in [4.78, 5) is 15.0. The Kier molecular flexibility index (Phi) is 3.57. The van der Waals surface area contributed by atoms with Crippen molar-refractivity contribution in [2.75, 3.05) is 6.54 Å². The van der Waals surface area contributed by atoms with E-state index >= 15 is 0 Å². The Bertz CT molecular complexity index is 673. The zero-order valence-corrected chi connectivity index (χ0v) is 13.1. The molecule has 2 amide bonds. The summed E-state index contributed by atoms with van der Waals surface area (Å²) in [6.45, 7) is 4.58. The molecule has 0 aliphatic heterocycles. The number of hydrogen-bond donors (Lipinski definition) is 3. The molecule has 3 rings (SSSR count). The zero-order chi connectivity index (χ0) is 15.0. The number of hydrogen-bond acceptors (Lipinski definition) is 1. The summed E-state index contributed by atoms with van der Waals surface area (Å²) in [5.41, 5.74) is 2.40. The molecule has 1 aromatic carbocycles. The average Bonchev–Trinajstić information content (AvgIpc) is 3.09. The second-order valence-corrected chi connectivity index (χ2v) is 6.59. The van der Waals surface area contributed by atoms with E-state index in [1.165, 1.54) is 10.9 Å². The molecule has 1 heterocycles. The van der Waals surface area contributed by atoms with Gasteiger partial charge in [-0.1, -0.05) is 17.7 Å². The minimum absolute atomic E-state index is 0.0698. The van der Waals surface area contributed by atoms with Gasteiger partial charge < -0.3 is 15.6 Å². The molecule has 1 aliphatic rings. The zero-order valence-electron chi connectivity index (χ0n) is 12.3. The molecule has 1 saturated carbocycles. The van der Waals surface area contributed by atoms with Gasteiger partial charge in [-0.05, 0) is 44.4 Å². The van der Waals surface area contributed by atoms with Crippen LogP contribution < -0.4 is 10.6 Å². The minimum Gasteiger partial charge on any atom is -0.361 e. The van der Waals surface area contributed by atoms with Gasteiger partial charge in [0.2, 0.25) is 0 Å². The molecule has 112 valence electrons. The number of aromatic nitrogens is 1. The summed E-state index contributed by atoms with van der Waals surface area (Å²) in [6, 6.07) is 5.96. The van der Waals surface area contributed by atoms with Crippen LogP contribution in [0, 0.1) is 0 Å². The average molecular weight is 306 g/mol. The summed E-state index contributed by atoms with van der Waals surface area (Å²) in [6.07, 6.45) is 4.26. The molecule has 0 saturated heterocycles. The molecule has 4 nitrogen and oxygen atoms in total. The molecular formula is C16H20ClN3O. The van der Waals surface area contributed by atoms with Gasteiger partial charge in [-0.15, -0.1) is 0 Å². The third-order valence-electron chi connectivity index (χ3n) is 4.08. The van der Waals surface area contributed by atoms with Crippen LogP contribution in [-0.4, -0.2) is 23.6 Å². The van der Waals surface area contributed by atoms with E-state index in [-0.39, 0.29) is 17.5 Å². The van der Waals surface area contributed by atoms with Crippen molar-refractivity contribution in [3.8, 4) is 0 Å². The fraction of sp³-hybridized carbons (Fsp3) is 0.438. The Balaban J connectivity index is 1.77. The Morgan fingerprint density at radius 1 is 1.43 bits per heavy atom. The fourth-order valence-corrected chi connectivity index (χ4v) is 2.96. The molecule has 0 bridgehead atoms. The van der Waals surface area contributed by atoms with Gasteiger partial charge in [-0.3, -0.25) is 0 Å². The quantitative estimate of drug-likeness (QED) is 0.795. The van der Waals surface area contributed by atoms with Crippen molar-refractivity contribution in [1.82, 2.24) is 15.6 Å². The van der Waals surface area contributed by atoms with Gasteiger partial charge in [0.05, 0.1) is 0 Å². The summed E-state index contributed by atoms with van der Waals surface area (Å²) in [5, 5.41) is 7.78. The van der Waals surface area contributed by atoms with E-state index in [2.05, 4.69) is 27.9 Å². The van der Waals surface area contributed by atoms with E-state index in [4.69, 9.17) is 11.6 Å². The molecule has 0 atom stereocenters. The van der Waals surface area contributed by atoms with E-state index in [0.29, 0.717) is 6.54 Å². The predicted octanol–water partition coefficient (Wildman–Crippen LogP) is 3.56. The van der Waals surface area contributed by atoms with Crippen LogP contribution in [-0.2, 0) is 5.41 Å². The van der Waals surface area contributed by atoms with Gasteiger partial charge in [0.25, 0.3) is 0 Å². The molecule has 1 aliphatic carbocycles. The highest BCUT2D eigenvalue weighted by Gasteiger charge is 2.45. The summed E-state index contributed by atoms with van der Waals surface area (Å²) in [5.74, 6) is 0. The molecule has 0 spiro atoms. The number of urea groups is 1. The van der Waals surface area contributed by atoms with Crippen LogP contribution in [0.1, 0.15) is 32.3 Å². The Morgan fingerprint density at radius 2 is 2.19 bits per heavy atom. The first kappa shape index (κ1) is 14.3. The van der Waals surface area contributed by atoms with E-state index in [1.807, 2.05) is 26.0 Å². The first-order chi connectivity index (χ1) is 10.00. The first-order valence-corrected chi connectivity index (χ1v) is 7.69. The number of carbonyl (C=O) groups is 1. The summed E-state index contributed by atoms with van der Waals surface area (Å²) in [7, 11) is 0. The third kappa shape index (κ3) is 2.86. The molecule has 1 aromatic heterocycles. The van der Waals surface area contributed by atoms with Crippen LogP contribution >= 0.6 is 11.6 Å². The largest absolute Gasteiger partial charge is 0.361 e. The highest BCUT2D eigenvalue weighted by Crippen LogP contribution is 2.50. The van der Waals surface area contributed by atoms with E-state index in [0.717, 1.165) is 23.4 Å². The van der Waals surface area contributed by atoms with Crippen LogP contribution in [0.3, 0.4) is 0 Å². The summed E-state index contributed by atoms with van der Waals surface area (Å²) >= 11 is 6.02. The first-order valence-electron chi connectivity index (χ1n) is 7.32. The van der Waals surface area contributed by atoms with Crippen LogP contribution in [0.4, 0.5) is 4.79 Å². The van der Waals surface area contributed by atoms with Crippen molar-refractivity contribution in [1.29, 1.82) is 0 Å². The van der Waals surface area contributed by atoms with Crippen LogP contribution in [0.2, 0.25) is 5.02 Å². The molecule has 3 N–H and O–H groups in total. The van der Waals surface area contributed by atoms with E-state index < -0.39 is 0 Å². The van der Waals surface area contributed by atoms with Gasteiger partial charge in [0.1, 0.15) is 0 Å². The molecule has 21 heavy (non-hydrogen) atoms. The van der Waals surface area contributed by atoms with Crippen molar-refractivity contribution < 1.29 is 4.79 Å². The maximum absolute atomic E-state index is 11.8. The second-order valence-electron chi connectivity index (χ2n) is 6.15. The maximum atomic E-state index is 11.8. The van der Waals surface area contributed by atoms with Crippen molar-refractivity contribution >= 4 is 28.5 Å². The van der Waals surface area contributed by atoms with Crippen molar-refractivity contribution in [3.63, 3.8) is 0 Å². The van der Waals surface area contributed by atoms with Crippen LogP contribution in [0.15, 0.2) is 24.4 Å². The number of halogens is 1. The number of H-pyrrole nitrogens is 1. The molecule has 1 fully saturated rings. The lowest BCUT2D eigenvalue weighted by molar-refractivity contribution is 0.237. The summed E-state index contributed by atoms with van der Waals surface area (Å²) < 4.78 is 0. The highest BCUT2D eigenvalue weighted by molar-refractivity contribution is 6.31.